The summed E-state index contributed by atoms with van der Waals surface area (Å²) in [5, 5.41) is 22.0. The predicted molar refractivity (Wildman–Crippen MR) is 135 cm³/mol. The zero-order valence-electron chi connectivity index (χ0n) is 18.7. The van der Waals surface area contributed by atoms with Gasteiger partial charge in [-0.1, -0.05) is 29.0 Å². The third-order valence-electron chi connectivity index (χ3n) is 5.71. The van der Waals surface area contributed by atoms with Gasteiger partial charge in [-0.15, -0.1) is 0 Å². The van der Waals surface area contributed by atoms with E-state index in [4.69, 9.17) is 16.3 Å². The highest BCUT2D eigenvalue weighted by Gasteiger charge is 2.48. The number of carbonyl (C=O) groups excluding carboxylic acids is 2. The Morgan fingerprint density at radius 3 is 2.61 bits per heavy atom. The van der Waals surface area contributed by atoms with E-state index in [0.717, 1.165) is 11.3 Å². The molecule has 0 radical (unpaired) electrons. The highest BCUT2D eigenvalue weighted by molar-refractivity contribution is 7.22. The lowest BCUT2D eigenvalue weighted by atomic mass is 9.95. The lowest BCUT2D eigenvalue weighted by Crippen LogP contribution is -2.29. The summed E-state index contributed by atoms with van der Waals surface area (Å²) in [5.74, 6) is -2.64. The number of benzene rings is 3. The predicted octanol–water partition coefficient (Wildman–Crippen LogP) is 5.82. The van der Waals surface area contributed by atoms with Crippen LogP contribution in [0, 0.1) is 5.82 Å². The standard InChI is InChI=1S/C26H18ClFN2O5S/c1-2-35-19-11-14(5-10-18(19)31)22-21(23(32)13-3-6-15(27)7-4-13)24(33)25(34)30(22)26-29-17-9-8-16(28)12-20(17)36-26/h3-12,22,31-32H,2H2,1H3. The fourth-order valence-electron chi connectivity index (χ4n) is 4.07. The number of aliphatic hydroxyl groups is 1. The summed E-state index contributed by atoms with van der Waals surface area (Å²) in [6.07, 6.45) is 0. The Labute approximate surface area is 213 Å². The van der Waals surface area contributed by atoms with Crippen molar-refractivity contribution in [3.05, 3.63) is 88.2 Å². The maximum Gasteiger partial charge on any atom is 0.301 e. The van der Waals surface area contributed by atoms with Crippen molar-refractivity contribution < 1.29 is 28.9 Å². The largest absolute Gasteiger partial charge is 0.507 e. The summed E-state index contributed by atoms with van der Waals surface area (Å²) in [6, 6.07) is 13.5. The number of Topliss-reactive ketones (excluding diaryl/α,β-unsaturated/α-hetero) is 1. The number of aromatic nitrogens is 1. The Morgan fingerprint density at radius 2 is 1.89 bits per heavy atom. The van der Waals surface area contributed by atoms with E-state index in [9.17, 15) is 24.2 Å². The minimum Gasteiger partial charge on any atom is -0.507 e. The molecule has 1 atom stereocenters. The second-order valence-corrected chi connectivity index (χ2v) is 9.39. The van der Waals surface area contributed by atoms with E-state index in [1.807, 2.05) is 0 Å². The van der Waals surface area contributed by atoms with Crippen LogP contribution >= 0.6 is 22.9 Å². The average Bonchev–Trinajstić information content (AvgIpc) is 3.38. The molecule has 0 bridgehead atoms. The van der Waals surface area contributed by atoms with E-state index in [1.54, 1.807) is 19.1 Å². The van der Waals surface area contributed by atoms with Crippen LogP contribution in [0.3, 0.4) is 0 Å². The topological polar surface area (TPSA) is 100.0 Å². The fourth-order valence-corrected chi connectivity index (χ4v) is 5.21. The van der Waals surface area contributed by atoms with Gasteiger partial charge in [-0.2, -0.15) is 0 Å². The molecular formula is C26H18ClFN2O5S. The summed E-state index contributed by atoms with van der Waals surface area (Å²) in [6.45, 7) is 2.02. The quantitative estimate of drug-likeness (QED) is 0.194. The molecule has 2 heterocycles. The van der Waals surface area contributed by atoms with Crippen molar-refractivity contribution >= 4 is 55.7 Å². The third kappa shape index (κ3) is 4.06. The van der Waals surface area contributed by atoms with Crippen molar-refractivity contribution in [3.8, 4) is 11.5 Å². The molecule has 7 nitrogen and oxygen atoms in total. The summed E-state index contributed by atoms with van der Waals surface area (Å²) in [4.78, 5) is 32.3. The van der Waals surface area contributed by atoms with Gasteiger partial charge in [-0.05, 0) is 67.1 Å². The Bertz CT molecular complexity index is 1550. The number of anilines is 1. The van der Waals surface area contributed by atoms with E-state index in [1.165, 1.54) is 53.4 Å². The first-order chi connectivity index (χ1) is 17.3. The molecule has 1 saturated heterocycles. The minimum atomic E-state index is -1.09. The molecule has 0 spiro atoms. The number of ether oxygens (including phenoxy) is 1. The molecule has 1 aromatic heterocycles. The van der Waals surface area contributed by atoms with Gasteiger partial charge in [0.2, 0.25) is 0 Å². The molecule has 36 heavy (non-hydrogen) atoms. The molecule has 1 aliphatic heterocycles. The Morgan fingerprint density at radius 1 is 1.14 bits per heavy atom. The number of phenolic OH excluding ortho intramolecular Hbond substituents is 1. The number of nitrogens with zero attached hydrogens (tertiary/aromatic N) is 2. The van der Waals surface area contributed by atoms with Crippen molar-refractivity contribution in [3.63, 3.8) is 0 Å². The SMILES string of the molecule is CCOc1cc(C2C(=C(O)c3ccc(Cl)cc3)C(=O)C(=O)N2c2nc3ccc(F)cc3s2)ccc1O. The number of phenols is 1. The lowest BCUT2D eigenvalue weighted by Gasteiger charge is -2.23. The number of amides is 1. The van der Waals surface area contributed by atoms with Crippen molar-refractivity contribution in [2.45, 2.75) is 13.0 Å². The van der Waals surface area contributed by atoms with Crippen LogP contribution in [0.25, 0.3) is 16.0 Å². The summed E-state index contributed by atoms with van der Waals surface area (Å²) in [7, 11) is 0. The van der Waals surface area contributed by atoms with Gasteiger partial charge in [-0.25, -0.2) is 9.37 Å². The third-order valence-corrected chi connectivity index (χ3v) is 6.98. The number of halogens is 2. The van der Waals surface area contributed by atoms with Gasteiger partial charge in [0, 0.05) is 10.6 Å². The van der Waals surface area contributed by atoms with Crippen molar-refractivity contribution in [1.82, 2.24) is 4.98 Å². The zero-order valence-corrected chi connectivity index (χ0v) is 20.3. The Kier molecular flexibility index (Phi) is 6.11. The van der Waals surface area contributed by atoms with Crippen LogP contribution in [0.15, 0.2) is 66.2 Å². The van der Waals surface area contributed by atoms with Gasteiger partial charge in [0.15, 0.2) is 16.6 Å². The van der Waals surface area contributed by atoms with Crippen LogP contribution in [0.4, 0.5) is 9.52 Å². The van der Waals surface area contributed by atoms with E-state index < -0.39 is 29.3 Å². The number of hydrogen-bond donors (Lipinski definition) is 2. The lowest BCUT2D eigenvalue weighted by molar-refractivity contribution is -0.132. The second kappa shape index (κ2) is 9.25. The number of aromatic hydroxyl groups is 1. The molecule has 0 aliphatic carbocycles. The molecule has 1 unspecified atom stereocenters. The second-order valence-electron chi connectivity index (χ2n) is 7.94. The normalized spacial score (nSPS) is 17.2. The Balaban J connectivity index is 1.74. The molecule has 3 aromatic carbocycles. The number of fused-ring (bicyclic) bond motifs is 1. The summed E-state index contributed by atoms with van der Waals surface area (Å²) in [5.41, 5.74) is 0.977. The first kappa shape index (κ1) is 23.8. The molecule has 2 N–H and O–H groups in total. The molecule has 0 saturated carbocycles. The van der Waals surface area contributed by atoms with E-state index in [0.29, 0.717) is 20.8 Å². The number of thiazole rings is 1. The highest BCUT2D eigenvalue weighted by Crippen LogP contribution is 2.45. The molecule has 5 rings (SSSR count). The molecule has 1 amide bonds. The number of aliphatic hydroxyl groups excluding tert-OH is 1. The highest BCUT2D eigenvalue weighted by atomic mass is 35.5. The minimum absolute atomic E-state index is 0.120. The van der Waals surface area contributed by atoms with Gasteiger partial charge in [0.1, 0.15) is 11.6 Å². The van der Waals surface area contributed by atoms with Crippen LogP contribution in [-0.2, 0) is 9.59 Å². The van der Waals surface area contributed by atoms with Gasteiger partial charge in [0.25, 0.3) is 5.78 Å². The van der Waals surface area contributed by atoms with Crippen LogP contribution in [-0.4, -0.2) is 33.5 Å². The maximum atomic E-state index is 13.8. The van der Waals surface area contributed by atoms with Crippen molar-refractivity contribution in [2.24, 2.45) is 0 Å². The summed E-state index contributed by atoms with van der Waals surface area (Å²) < 4.78 is 19.8. The van der Waals surface area contributed by atoms with Crippen molar-refractivity contribution in [1.29, 1.82) is 0 Å². The van der Waals surface area contributed by atoms with Crippen LogP contribution in [0.2, 0.25) is 5.02 Å². The summed E-state index contributed by atoms with van der Waals surface area (Å²) >= 11 is 7.01. The Hall–Kier alpha value is -3.95. The first-order valence-electron chi connectivity index (χ1n) is 10.9. The average molecular weight is 525 g/mol. The van der Waals surface area contributed by atoms with E-state index in [-0.39, 0.29) is 34.4 Å². The number of carbonyl (C=O) groups is 2. The molecule has 10 heteroatoms. The van der Waals surface area contributed by atoms with Crippen molar-refractivity contribution in [2.75, 3.05) is 11.5 Å². The molecule has 4 aromatic rings. The first-order valence-corrected chi connectivity index (χ1v) is 12.1. The van der Waals surface area contributed by atoms with E-state index >= 15 is 0 Å². The van der Waals surface area contributed by atoms with Gasteiger partial charge in [-0.3, -0.25) is 14.5 Å². The number of hydrogen-bond acceptors (Lipinski definition) is 7. The van der Waals surface area contributed by atoms with Gasteiger partial charge >= 0.3 is 5.91 Å². The van der Waals surface area contributed by atoms with Gasteiger partial charge in [0.05, 0.1) is 28.4 Å². The monoisotopic (exact) mass is 524 g/mol. The van der Waals surface area contributed by atoms with Crippen LogP contribution in [0.5, 0.6) is 11.5 Å². The molecule has 182 valence electrons. The van der Waals surface area contributed by atoms with E-state index in [2.05, 4.69) is 4.98 Å². The number of ketones is 1. The zero-order chi connectivity index (χ0) is 25.6. The molecule has 1 aliphatic rings. The van der Waals surface area contributed by atoms with Crippen LogP contribution in [0.1, 0.15) is 24.1 Å². The van der Waals surface area contributed by atoms with Gasteiger partial charge < -0.3 is 14.9 Å². The molecule has 1 fully saturated rings. The fraction of sp³-hybridized carbons (Fsp3) is 0.115. The smallest absolute Gasteiger partial charge is 0.301 e. The molecular weight excluding hydrogens is 507 g/mol. The maximum absolute atomic E-state index is 13.8. The van der Waals surface area contributed by atoms with Crippen LogP contribution < -0.4 is 9.64 Å². The number of rotatable bonds is 5.